The lowest BCUT2D eigenvalue weighted by molar-refractivity contribution is -0.0498. The number of imidazole rings is 1. The number of H-pyrrole nitrogens is 1. The van der Waals surface area contributed by atoms with Crippen LogP contribution in [0.2, 0.25) is 0 Å². The van der Waals surface area contributed by atoms with Crippen LogP contribution < -0.4 is 10.1 Å². The Morgan fingerprint density at radius 2 is 2.29 bits per heavy atom. The van der Waals surface area contributed by atoms with Crippen molar-refractivity contribution < 1.29 is 18.3 Å². The van der Waals surface area contributed by atoms with E-state index >= 15 is 0 Å². The monoisotopic (exact) mass is 295 g/mol. The topological polar surface area (TPSA) is 67.0 Å². The summed E-state index contributed by atoms with van der Waals surface area (Å²) in [6, 6.07) is 5.70. The second kappa shape index (κ2) is 7.37. The van der Waals surface area contributed by atoms with Crippen LogP contribution in [0.1, 0.15) is 22.6 Å². The quantitative estimate of drug-likeness (QED) is 0.771. The third kappa shape index (κ3) is 4.87. The van der Waals surface area contributed by atoms with E-state index in [-0.39, 0.29) is 17.2 Å². The number of carbonyl (C=O) groups excluding carboxylic acids is 1. The van der Waals surface area contributed by atoms with E-state index in [4.69, 9.17) is 0 Å². The van der Waals surface area contributed by atoms with Crippen molar-refractivity contribution in [2.75, 3.05) is 6.54 Å². The average Bonchev–Trinajstić information content (AvgIpc) is 2.96. The summed E-state index contributed by atoms with van der Waals surface area (Å²) in [5.41, 5.74) is 0.283. The van der Waals surface area contributed by atoms with Gasteiger partial charge in [-0.1, -0.05) is 6.07 Å². The summed E-state index contributed by atoms with van der Waals surface area (Å²) in [5.74, 6) is 0.499. The summed E-state index contributed by atoms with van der Waals surface area (Å²) < 4.78 is 28.5. The van der Waals surface area contributed by atoms with E-state index in [2.05, 4.69) is 20.0 Å². The van der Waals surface area contributed by atoms with Crippen molar-refractivity contribution in [3.63, 3.8) is 0 Å². The first-order chi connectivity index (χ1) is 10.1. The molecule has 0 atom stereocenters. The highest BCUT2D eigenvalue weighted by Crippen LogP contribution is 2.15. The van der Waals surface area contributed by atoms with Gasteiger partial charge in [0.05, 0.1) is 0 Å². The number of aromatic nitrogens is 2. The van der Waals surface area contributed by atoms with Gasteiger partial charge in [0.25, 0.3) is 5.91 Å². The molecule has 2 aromatic rings. The maximum Gasteiger partial charge on any atom is 0.387 e. The van der Waals surface area contributed by atoms with Crippen LogP contribution in [0.15, 0.2) is 36.7 Å². The molecule has 1 aromatic heterocycles. The van der Waals surface area contributed by atoms with Gasteiger partial charge in [0.2, 0.25) is 0 Å². The van der Waals surface area contributed by atoms with Crippen LogP contribution >= 0.6 is 0 Å². The van der Waals surface area contributed by atoms with Crippen molar-refractivity contribution in [2.45, 2.75) is 19.5 Å². The highest BCUT2D eigenvalue weighted by Gasteiger charge is 2.09. The molecule has 1 amide bonds. The van der Waals surface area contributed by atoms with Gasteiger partial charge in [0.1, 0.15) is 11.6 Å². The van der Waals surface area contributed by atoms with Crippen LogP contribution in [0.25, 0.3) is 0 Å². The van der Waals surface area contributed by atoms with E-state index in [0.29, 0.717) is 6.54 Å². The molecule has 0 aliphatic carbocycles. The predicted octanol–water partition coefficient (Wildman–Crippen LogP) is 2.37. The molecule has 0 fully saturated rings. The summed E-state index contributed by atoms with van der Waals surface area (Å²) in [5, 5.41) is 2.72. The zero-order valence-electron chi connectivity index (χ0n) is 11.2. The van der Waals surface area contributed by atoms with Gasteiger partial charge in [0.15, 0.2) is 0 Å². The molecule has 7 heteroatoms. The fraction of sp³-hybridized carbons (Fsp3) is 0.286. The number of carbonyl (C=O) groups is 1. The minimum Gasteiger partial charge on any atom is -0.435 e. The Morgan fingerprint density at radius 1 is 1.43 bits per heavy atom. The summed E-state index contributed by atoms with van der Waals surface area (Å²) >= 11 is 0. The number of hydrogen-bond acceptors (Lipinski definition) is 3. The predicted molar refractivity (Wildman–Crippen MR) is 72.3 cm³/mol. The Hall–Kier alpha value is -2.44. The summed E-state index contributed by atoms with van der Waals surface area (Å²) in [6.45, 7) is -2.43. The molecular weight excluding hydrogens is 280 g/mol. The first kappa shape index (κ1) is 15.0. The number of rotatable bonds is 7. The van der Waals surface area contributed by atoms with Crippen molar-refractivity contribution in [1.29, 1.82) is 0 Å². The number of alkyl halides is 2. The molecule has 5 nitrogen and oxygen atoms in total. The van der Waals surface area contributed by atoms with Crippen molar-refractivity contribution in [2.24, 2.45) is 0 Å². The van der Waals surface area contributed by atoms with Crippen LogP contribution in [0.3, 0.4) is 0 Å². The Kier molecular flexibility index (Phi) is 5.25. The lowest BCUT2D eigenvalue weighted by Gasteiger charge is -2.07. The van der Waals surface area contributed by atoms with E-state index in [9.17, 15) is 13.6 Å². The van der Waals surface area contributed by atoms with Gasteiger partial charge in [-0.05, 0) is 24.6 Å². The third-order valence-electron chi connectivity index (χ3n) is 2.75. The molecule has 0 radical (unpaired) electrons. The number of aryl methyl sites for hydroxylation is 1. The molecule has 1 heterocycles. The average molecular weight is 295 g/mol. The highest BCUT2D eigenvalue weighted by atomic mass is 19.3. The number of aromatic amines is 1. The molecule has 2 N–H and O–H groups in total. The lowest BCUT2D eigenvalue weighted by Crippen LogP contribution is -2.24. The standard InChI is InChI=1S/C14H15F2N3O2/c15-14(16)21-11-4-1-3-10(9-11)13(20)19-6-2-5-12-17-7-8-18-12/h1,3-4,7-9,14H,2,5-6H2,(H,17,18)(H,19,20). The maximum atomic E-state index is 12.1. The maximum absolute atomic E-state index is 12.1. The van der Waals surface area contributed by atoms with Crippen LogP contribution in [0.4, 0.5) is 8.78 Å². The molecule has 112 valence electrons. The zero-order valence-corrected chi connectivity index (χ0v) is 11.2. The molecule has 0 saturated heterocycles. The molecule has 0 bridgehead atoms. The Bertz CT molecular complexity index is 573. The normalized spacial score (nSPS) is 10.6. The molecule has 1 aromatic carbocycles. The number of benzene rings is 1. The van der Waals surface area contributed by atoms with Gasteiger partial charge in [-0.2, -0.15) is 8.78 Å². The lowest BCUT2D eigenvalue weighted by atomic mass is 10.2. The number of hydrogen-bond donors (Lipinski definition) is 2. The Balaban J connectivity index is 1.79. The van der Waals surface area contributed by atoms with Crippen molar-refractivity contribution in [1.82, 2.24) is 15.3 Å². The van der Waals surface area contributed by atoms with E-state index in [1.807, 2.05) is 0 Å². The summed E-state index contributed by atoms with van der Waals surface area (Å²) in [4.78, 5) is 18.9. The molecule has 0 aliphatic rings. The minimum absolute atomic E-state index is 0.0340. The number of nitrogens with zero attached hydrogens (tertiary/aromatic N) is 1. The molecular formula is C14H15F2N3O2. The van der Waals surface area contributed by atoms with E-state index < -0.39 is 6.61 Å². The summed E-state index contributed by atoms with van der Waals surface area (Å²) in [6.07, 6.45) is 4.86. The minimum atomic E-state index is -2.91. The van der Waals surface area contributed by atoms with Gasteiger partial charge in [0, 0.05) is 30.9 Å². The van der Waals surface area contributed by atoms with Crippen molar-refractivity contribution >= 4 is 5.91 Å². The molecule has 0 spiro atoms. The van der Waals surface area contributed by atoms with Gasteiger partial charge >= 0.3 is 6.61 Å². The molecule has 21 heavy (non-hydrogen) atoms. The molecule has 0 unspecified atom stereocenters. The smallest absolute Gasteiger partial charge is 0.387 e. The number of ether oxygens (including phenoxy) is 1. The fourth-order valence-corrected chi connectivity index (χ4v) is 1.81. The van der Waals surface area contributed by atoms with Crippen LogP contribution in [0, 0.1) is 0 Å². The second-order valence-electron chi connectivity index (χ2n) is 4.30. The highest BCUT2D eigenvalue weighted by molar-refractivity contribution is 5.94. The first-order valence-electron chi connectivity index (χ1n) is 6.46. The molecule has 0 saturated carbocycles. The van der Waals surface area contributed by atoms with Gasteiger partial charge in [-0.25, -0.2) is 4.98 Å². The molecule has 2 rings (SSSR count). The largest absolute Gasteiger partial charge is 0.435 e. The molecule has 0 aliphatic heterocycles. The van der Waals surface area contributed by atoms with E-state index in [1.54, 1.807) is 18.5 Å². The number of halogens is 2. The second-order valence-corrected chi connectivity index (χ2v) is 4.30. The summed E-state index contributed by atoms with van der Waals surface area (Å²) in [7, 11) is 0. The van der Waals surface area contributed by atoms with Gasteiger partial charge in [-0.15, -0.1) is 0 Å². The van der Waals surface area contributed by atoms with Crippen LogP contribution in [-0.2, 0) is 6.42 Å². The first-order valence-corrected chi connectivity index (χ1v) is 6.46. The Labute approximate surface area is 120 Å². The van der Waals surface area contributed by atoms with Crippen LogP contribution in [-0.4, -0.2) is 29.0 Å². The number of nitrogens with one attached hydrogen (secondary N) is 2. The van der Waals surface area contributed by atoms with Crippen LogP contribution in [0.5, 0.6) is 5.75 Å². The van der Waals surface area contributed by atoms with E-state index in [0.717, 1.165) is 18.7 Å². The third-order valence-corrected chi connectivity index (χ3v) is 2.75. The van der Waals surface area contributed by atoms with Gasteiger partial charge < -0.3 is 15.0 Å². The Morgan fingerprint density at radius 3 is 3.00 bits per heavy atom. The number of amides is 1. The van der Waals surface area contributed by atoms with Gasteiger partial charge in [-0.3, -0.25) is 4.79 Å². The zero-order chi connectivity index (χ0) is 15.1. The van der Waals surface area contributed by atoms with Crippen molar-refractivity contribution in [3.05, 3.63) is 48.0 Å². The van der Waals surface area contributed by atoms with E-state index in [1.165, 1.54) is 18.2 Å². The SMILES string of the molecule is O=C(NCCCc1ncc[nH]1)c1cccc(OC(F)F)c1. The fourth-order valence-electron chi connectivity index (χ4n) is 1.81. The van der Waals surface area contributed by atoms with Crippen molar-refractivity contribution in [3.8, 4) is 5.75 Å².